The van der Waals surface area contributed by atoms with Crippen molar-refractivity contribution in [1.29, 1.82) is 0 Å². The molecule has 0 fully saturated rings. The first-order valence-electron chi connectivity index (χ1n) is 7.34. The topological polar surface area (TPSA) is 69.2 Å². The first kappa shape index (κ1) is 17.4. The number of halogens is 2. The molecule has 0 atom stereocenters. The van der Waals surface area contributed by atoms with Crippen molar-refractivity contribution in [1.82, 2.24) is 5.43 Å². The lowest BCUT2D eigenvalue weighted by atomic mass is 10.1. The van der Waals surface area contributed by atoms with Gasteiger partial charge in [-0.1, -0.05) is 23.2 Å². The van der Waals surface area contributed by atoms with Gasteiger partial charge in [-0.25, -0.2) is 5.43 Å². The van der Waals surface area contributed by atoms with Gasteiger partial charge < -0.3 is 14.2 Å². The predicted octanol–water partition coefficient (Wildman–Crippen LogP) is 3.64. The molecule has 2 aromatic rings. The van der Waals surface area contributed by atoms with Crippen LogP contribution in [0, 0.1) is 0 Å². The van der Waals surface area contributed by atoms with E-state index in [0.717, 1.165) is 5.56 Å². The largest absolute Gasteiger partial charge is 0.482 e. The Bertz CT molecular complexity index is 839. The van der Waals surface area contributed by atoms with E-state index in [1.807, 2.05) is 6.07 Å². The molecule has 25 heavy (non-hydrogen) atoms. The molecule has 0 spiro atoms. The van der Waals surface area contributed by atoms with Crippen molar-refractivity contribution in [3.05, 3.63) is 52.0 Å². The number of fused-ring (bicyclic) bond motifs is 1. The second-order valence-corrected chi connectivity index (χ2v) is 6.01. The summed E-state index contributed by atoms with van der Waals surface area (Å²) in [5.74, 6) is 1.30. The molecule has 1 heterocycles. The fraction of sp³-hybridized carbons (Fsp3) is 0.176. The number of nitrogens with zero attached hydrogens (tertiary/aromatic N) is 1. The summed E-state index contributed by atoms with van der Waals surface area (Å²) < 4.78 is 15.9. The Balaban J connectivity index is 1.56. The zero-order valence-corrected chi connectivity index (χ0v) is 14.7. The van der Waals surface area contributed by atoms with Crippen LogP contribution in [0.4, 0.5) is 0 Å². The van der Waals surface area contributed by atoms with Crippen LogP contribution in [-0.2, 0) is 4.79 Å². The maximum Gasteiger partial charge on any atom is 0.277 e. The maximum atomic E-state index is 11.9. The number of hydrogen-bond donors (Lipinski definition) is 1. The number of nitrogens with one attached hydrogen (secondary N) is 1. The lowest BCUT2D eigenvalue weighted by Crippen LogP contribution is -2.25. The Morgan fingerprint density at radius 3 is 2.80 bits per heavy atom. The summed E-state index contributed by atoms with van der Waals surface area (Å²) in [6.45, 7) is 1.75. The molecule has 0 aromatic heterocycles. The van der Waals surface area contributed by atoms with Gasteiger partial charge in [-0.05, 0) is 43.3 Å². The molecule has 1 aliphatic heterocycles. The number of ether oxygens (including phenoxy) is 3. The van der Waals surface area contributed by atoms with E-state index in [-0.39, 0.29) is 13.4 Å². The van der Waals surface area contributed by atoms with E-state index in [9.17, 15) is 4.79 Å². The average molecular weight is 381 g/mol. The van der Waals surface area contributed by atoms with Crippen LogP contribution in [0.15, 0.2) is 41.5 Å². The van der Waals surface area contributed by atoms with E-state index >= 15 is 0 Å². The van der Waals surface area contributed by atoms with Gasteiger partial charge in [0.2, 0.25) is 6.79 Å². The van der Waals surface area contributed by atoms with Crippen molar-refractivity contribution in [2.75, 3.05) is 13.4 Å². The molecule has 1 N–H and O–H groups in total. The minimum atomic E-state index is -0.411. The molecule has 6 nitrogen and oxygen atoms in total. The highest BCUT2D eigenvalue weighted by Gasteiger charge is 2.14. The lowest BCUT2D eigenvalue weighted by Gasteiger charge is -2.08. The van der Waals surface area contributed by atoms with E-state index in [4.69, 9.17) is 37.4 Å². The molecule has 0 bridgehead atoms. The Morgan fingerprint density at radius 1 is 1.20 bits per heavy atom. The predicted molar refractivity (Wildman–Crippen MR) is 94.9 cm³/mol. The molecule has 8 heteroatoms. The van der Waals surface area contributed by atoms with Crippen molar-refractivity contribution < 1.29 is 19.0 Å². The number of carbonyl (C=O) groups excluding carboxylic acids is 1. The molecule has 1 amide bonds. The summed E-state index contributed by atoms with van der Waals surface area (Å²) in [6.07, 6.45) is 0. The fourth-order valence-electron chi connectivity index (χ4n) is 2.10. The molecule has 0 saturated heterocycles. The van der Waals surface area contributed by atoms with Crippen LogP contribution in [0.5, 0.6) is 17.2 Å². The number of hydrazone groups is 1. The van der Waals surface area contributed by atoms with E-state index < -0.39 is 5.91 Å². The third-order valence-corrected chi connectivity index (χ3v) is 3.92. The van der Waals surface area contributed by atoms with Gasteiger partial charge in [0.05, 0.1) is 10.7 Å². The second kappa shape index (κ2) is 7.63. The molecule has 0 aliphatic carbocycles. The van der Waals surface area contributed by atoms with Gasteiger partial charge >= 0.3 is 0 Å². The first-order chi connectivity index (χ1) is 12.0. The molecule has 2 aromatic carbocycles. The highest BCUT2D eigenvalue weighted by Crippen LogP contribution is 2.32. The van der Waals surface area contributed by atoms with Crippen molar-refractivity contribution in [3.63, 3.8) is 0 Å². The molecular weight excluding hydrogens is 367 g/mol. The van der Waals surface area contributed by atoms with Gasteiger partial charge in [-0.15, -0.1) is 0 Å². The van der Waals surface area contributed by atoms with Gasteiger partial charge in [0.25, 0.3) is 5.91 Å². The van der Waals surface area contributed by atoms with Gasteiger partial charge in [0, 0.05) is 10.6 Å². The monoisotopic (exact) mass is 380 g/mol. The summed E-state index contributed by atoms with van der Waals surface area (Å²) in [6, 6.07) is 10.2. The summed E-state index contributed by atoms with van der Waals surface area (Å²) in [5.41, 5.74) is 3.87. The molecular formula is C17H14Cl2N2O4. The summed E-state index contributed by atoms with van der Waals surface area (Å²) in [4.78, 5) is 11.9. The fourth-order valence-corrected chi connectivity index (χ4v) is 2.56. The third-order valence-electron chi connectivity index (χ3n) is 3.39. The van der Waals surface area contributed by atoms with Gasteiger partial charge in [-0.2, -0.15) is 5.10 Å². The minimum Gasteiger partial charge on any atom is -0.482 e. The van der Waals surface area contributed by atoms with Crippen molar-refractivity contribution in [2.45, 2.75) is 6.92 Å². The van der Waals surface area contributed by atoms with Gasteiger partial charge in [0.1, 0.15) is 5.75 Å². The molecule has 130 valence electrons. The van der Waals surface area contributed by atoms with Crippen molar-refractivity contribution in [3.8, 4) is 17.2 Å². The van der Waals surface area contributed by atoms with Gasteiger partial charge in [0.15, 0.2) is 18.1 Å². The lowest BCUT2D eigenvalue weighted by molar-refractivity contribution is -0.123. The summed E-state index contributed by atoms with van der Waals surface area (Å²) >= 11 is 11.8. The highest BCUT2D eigenvalue weighted by molar-refractivity contribution is 6.35. The molecule has 3 rings (SSSR count). The van der Waals surface area contributed by atoms with Crippen LogP contribution in [0.1, 0.15) is 12.5 Å². The van der Waals surface area contributed by atoms with E-state index in [0.29, 0.717) is 33.0 Å². The van der Waals surface area contributed by atoms with Crippen LogP contribution < -0.4 is 19.6 Å². The molecule has 0 unspecified atom stereocenters. The number of amides is 1. The van der Waals surface area contributed by atoms with E-state index in [1.165, 1.54) is 6.07 Å². The normalized spacial score (nSPS) is 12.8. The number of hydrogen-bond acceptors (Lipinski definition) is 5. The van der Waals surface area contributed by atoms with Crippen LogP contribution in [-0.4, -0.2) is 25.0 Å². The summed E-state index contributed by atoms with van der Waals surface area (Å²) in [7, 11) is 0. The van der Waals surface area contributed by atoms with E-state index in [2.05, 4.69) is 10.5 Å². The van der Waals surface area contributed by atoms with Crippen molar-refractivity contribution >= 4 is 34.8 Å². The van der Waals surface area contributed by atoms with Crippen molar-refractivity contribution in [2.24, 2.45) is 5.10 Å². The number of carbonyl (C=O) groups is 1. The standard InChI is InChI=1S/C17H14Cl2N2O4/c1-10(11-2-4-15-16(6-11)25-9-24-15)20-21-17(22)8-23-14-5-3-12(18)7-13(14)19/h2-7H,8-9H2,1H3,(H,21,22). The average Bonchev–Trinajstić information content (AvgIpc) is 3.06. The van der Waals surface area contributed by atoms with Crippen LogP contribution in [0.25, 0.3) is 0 Å². The first-order valence-corrected chi connectivity index (χ1v) is 8.09. The minimum absolute atomic E-state index is 0.205. The van der Waals surface area contributed by atoms with Crippen LogP contribution in [0.2, 0.25) is 10.0 Å². The highest BCUT2D eigenvalue weighted by atomic mass is 35.5. The van der Waals surface area contributed by atoms with E-state index in [1.54, 1.807) is 31.2 Å². The number of benzene rings is 2. The second-order valence-electron chi connectivity index (χ2n) is 5.16. The Kier molecular flexibility index (Phi) is 5.31. The molecule has 0 radical (unpaired) electrons. The maximum absolute atomic E-state index is 11.9. The zero-order chi connectivity index (χ0) is 17.8. The SMILES string of the molecule is CC(=NNC(=O)COc1ccc(Cl)cc1Cl)c1ccc2c(c1)OCO2. The third kappa shape index (κ3) is 4.35. The van der Waals surface area contributed by atoms with Crippen LogP contribution >= 0.6 is 23.2 Å². The Labute approximate surface area is 154 Å². The molecule has 0 saturated carbocycles. The van der Waals surface area contributed by atoms with Gasteiger partial charge in [-0.3, -0.25) is 4.79 Å². The zero-order valence-electron chi connectivity index (χ0n) is 13.2. The smallest absolute Gasteiger partial charge is 0.277 e. The Morgan fingerprint density at radius 2 is 2.00 bits per heavy atom. The quantitative estimate of drug-likeness (QED) is 0.634. The molecule has 1 aliphatic rings. The number of rotatable bonds is 5. The van der Waals surface area contributed by atoms with Crippen LogP contribution in [0.3, 0.4) is 0 Å². The Hall–Kier alpha value is -2.44. The summed E-state index contributed by atoms with van der Waals surface area (Å²) in [5, 5.41) is 4.88.